The van der Waals surface area contributed by atoms with Crippen LogP contribution in [-0.4, -0.2) is 49.7 Å². The Morgan fingerprint density at radius 1 is 0.351 bits per heavy atom. The molecule has 0 radical (unpaired) electrons. The zero-order valence-electron chi connectivity index (χ0n) is 26.8. The van der Waals surface area contributed by atoms with Gasteiger partial charge in [-0.1, -0.05) is 132 Å². The molecule has 228 valence electrons. The summed E-state index contributed by atoms with van der Waals surface area (Å²) < 4.78 is 0. The summed E-state index contributed by atoms with van der Waals surface area (Å²) in [5.41, 5.74) is 0. The first-order valence-corrected chi connectivity index (χ1v) is 21.0. The van der Waals surface area contributed by atoms with E-state index in [1.54, 1.807) is 0 Å². The molecule has 37 heavy (non-hydrogen) atoms. The van der Waals surface area contributed by atoms with Crippen molar-refractivity contribution in [1.29, 1.82) is 0 Å². The fraction of sp³-hybridized carbons (Fsp3) is 1.00. The number of hydrogen-bond donors (Lipinski definition) is 4. The first-order chi connectivity index (χ1) is 17.2. The predicted octanol–water partition coefficient (Wildman–Crippen LogP) is 9.42. The van der Waals surface area contributed by atoms with Crippen LogP contribution < -0.4 is 0 Å². The Morgan fingerprint density at radius 2 is 0.486 bits per heavy atom. The van der Waals surface area contributed by atoms with Crippen molar-refractivity contribution in [3.63, 3.8) is 0 Å². The van der Waals surface area contributed by atoms with Crippen molar-refractivity contribution in [2.75, 3.05) is 13.2 Å². The molecule has 0 saturated heterocycles. The van der Waals surface area contributed by atoms with E-state index in [1.807, 2.05) is 13.8 Å². The van der Waals surface area contributed by atoms with Crippen molar-refractivity contribution in [3.8, 4) is 0 Å². The largest absolute Gasteiger partial charge is 0.432 e. The molecular formula is C30H72O4Si2Ti. The zero-order chi connectivity index (χ0) is 28.6. The van der Waals surface area contributed by atoms with Gasteiger partial charge >= 0.3 is 0 Å². The summed E-state index contributed by atoms with van der Waals surface area (Å²) in [7, 11) is -3.62. The summed E-state index contributed by atoms with van der Waals surface area (Å²) in [6.45, 7) is 17.8. The zero-order valence-corrected chi connectivity index (χ0v) is 30.4. The molecule has 0 aromatic heterocycles. The van der Waals surface area contributed by atoms with E-state index < -0.39 is 16.6 Å². The predicted molar refractivity (Wildman–Crippen MR) is 169 cm³/mol. The standard InChI is InChI=1S/2C12H28OSi.2C3H8O.Ti/c2*1-4-7-10-14(13,11-8-5-2)12-9-6-3;2*1-2-3-4;/h2*13H,4-12H2,1-3H3;2*4H,2-3H2,1H3;. The van der Waals surface area contributed by atoms with Gasteiger partial charge in [-0.05, 0) is 49.1 Å². The van der Waals surface area contributed by atoms with Crippen LogP contribution in [0.3, 0.4) is 0 Å². The number of hydrogen-bond acceptors (Lipinski definition) is 4. The van der Waals surface area contributed by atoms with Crippen LogP contribution in [0.25, 0.3) is 0 Å². The van der Waals surface area contributed by atoms with E-state index in [0.717, 1.165) is 49.1 Å². The molecule has 0 amide bonds. The maximum Gasteiger partial charge on any atom is 0.188 e. The summed E-state index contributed by atoms with van der Waals surface area (Å²) >= 11 is 0. The van der Waals surface area contributed by atoms with E-state index in [9.17, 15) is 9.59 Å². The molecule has 7 heteroatoms. The average molecular weight is 601 g/mol. The molecule has 0 aromatic carbocycles. The van der Waals surface area contributed by atoms with Crippen molar-refractivity contribution >= 4 is 16.6 Å². The third-order valence-electron chi connectivity index (χ3n) is 6.42. The monoisotopic (exact) mass is 600 g/mol. The second-order valence-electron chi connectivity index (χ2n) is 10.5. The normalized spacial score (nSPS) is 10.7. The Hall–Kier alpha value is 0.988. The minimum absolute atomic E-state index is 0. The molecule has 4 N–H and O–H groups in total. The van der Waals surface area contributed by atoms with Crippen LogP contribution in [0.1, 0.15) is 145 Å². The number of aliphatic hydroxyl groups excluding tert-OH is 2. The molecule has 0 bridgehead atoms. The van der Waals surface area contributed by atoms with Gasteiger partial charge in [0.1, 0.15) is 0 Å². The fourth-order valence-corrected chi connectivity index (χ4v) is 11.4. The van der Waals surface area contributed by atoms with Gasteiger partial charge in [0.2, 0.25) is 0 Å². The summed E-state index contributed by atoms with van der Waals surface area (Å²) in [6, 6.07) is 6.85. The van der Waals surface area contributed by atoms with Crippen LogP contribution in [-0.2, 0) is 21.7 Å². The van der Waals surface area contributed by atoms with Crippen molar-refractivity contribution in [3.05, 3.63) is 0 Å². The molecule has 0 aliphatic heterocycles. The van der Waals surface area contributed by atoms with Crippen molar-refractivity contribution in [2.24, 2.45) is 0 Å². The average Bonchev–Trinajstić information content (AvgIpc) is 2.91. The quantitative estimate of drug-likeness (QED) is 0.105. The smallest absolute Gasteiger partial charge is 0.188 e. The summed E-state index contributed by atoms with van der Waals surface area (Å²) in [6.07, 6.45) is 16.5. The third-order valence-corrected chi connectivity index (χ3v) is 14.1. The van der Waals surface area contributed by atoms with Crippen LogP contribution in [0.5, 0.6) is 0 Å². The van der Waals surface area contributed by atoms with Crippen LogP contribution in [0.15, 0.2) is 0 Å². The van der Waals surface area contributed by atoms with Crippen molar-refractivity contribution in [1.82, 2.24) is 0 Å². The summed E-state index contributed by atoms with van der Waals surface area (Å²) in [5.74, 6) is 0. The Balaban J connectivity index is -0.000000140. The maximum atomic E-state index is 10.5. The van der Waals surface area contributed by atoms with Gasteiger partial charge in [-0.15, -0.1) is 0 Å². The van der Waals surface area contributed by atoms with Gasteiger partial charge in [-0.2, -0.15) is 0 Å². The number of unbranched alkanes of at least 4 members (excludes halogenated alkanes) is 6. The SMILES string of the molecule is CCCC[Si](O)(CCCC)CCCC.CCCC[Si](O)(CCCC)CCCC.CCCO.CCCO.[Ti]. The molecule has 0 spiro atoms. The topological polar surface area (TPSA) is 80.9 Å². The van der Waals surface area contributed by atoms with E-state index >= 15 is 0 Å². The first kappa shape index (κ1) is 47.8. The van der Waals surface area contributed by atoms with Gasteiger partial charge < -0.3 is 19.8 Å². The summed E-state index contributed by atoms with van der Waals surface area (Å²) in [4.78, 5) is 21.1. The van der Waals surface area contributed by atoms with E-state index in [4.69, 9.17) is 10.2 Å². The van der Waals surface area contributed by atoms with Gasteiger partial charge in [-0.25, -0.2) is 0 Å². The minimum Gasteiger partial charge on any atom is -0.432 e. The van der Waals surface area contributed by atoms with Crippen LogP contribution in [0, 0.1) is 0 Å². The Bertz CT molecular complexity index is 296. The molecule has 0 aliphatic rings. The molecule has 0 rings (SSSR count). The number of rotatable bonds is 20. The van der Waals surface area contributed by atoms with Crippen molar-refractivity contribution < 1.29 is 41.5 Å². The van der Waals surface area contributed by atoms with E-state index in [-0.39, 0.29) is 21.7 Å². The van der Waals surface area contributed by atoms with E-state index in [2.05, 4.69) is 41.5 Å². The Kier molecular flexibility index (Phi) is 50.5. The molecule has 0 fully saturated rings. The number of aliphatic hydroxyl groups is 2. The second kappa shape index (κ2) is 39.1. The molecule has 0 saturated carbocycles. The van der Waals surface area contributed by atoms with Gasteiger partial charge in [0, 0.05) is 34.9 Å². The molecule has 4 nitrogen and oxygen atoms in total. The summed E-state index contributed by atoms with van der Waals surface area (Å²) in [5, 5.41) is 15.8. The first-order valence-electron chi connectivity index (χ1n) is 15.9. The van der Waals surface area contributed by atoms with Crippen molar-refractivity contribution in [2.45, 2.75) is 182 Å². The maximum absolute atomic E-state index is 10.5. The van der Waals surface area contributed by atoms with Gasteiger partial charge in [0.15, 0.2) is 16.6 Å². The van der Waals surface area contributed by atoms with E-state index in [1.165, 1.54) is 77.0 Å². The van der Waals surface area contributed by atoms with Gasteiger partial charge in [-0.3, -0.25) is 0 Å². The fourth-order valence-electron chi connectivity index (χ4n) is 3.79. The van der Waals surface area contributed by atoms with Crippen LogP contribution >= 0.6 is 0 Å². The third kappa shape index (κ3) is 41.6. The van der Waals surface area contributed by atoms with Gasteiger partial charge in [0.25, 0.3) is 0 Å². The minimum atomic E-state index is -1.81. The molecule has 0 aromatic rings. The molecule has 0 atom stereocenters. The molecular weight excluding hydrogens is 528 g/mol. The molecule has 0 heterocycles. The Labute approximate surface area is 252 Å². The Morgan fingerprint density at radius 3 is 0.568 bits per heavy atom. The molecule has 0 aliphatic carbocycles. The second-order valence-corrected chi connectivity index (χ2v) is 18.4. The van der Waals surface area contributed by atoms with Crippen LogP contribution in [0.4, 0.5) is 0 Å². The molecule has 0 unspecified atom stereocenters. The van der Waals surface area contributed by atoms with Gasteiger partial charge in [0.05, 0.1) is 0 Å². The van der Waals surface area contributed by atoms with Crippen LogP contribution in [0.2, 0.25) is 36.3 Å². The van der Waals surface area contributed by atoms with E-state index in [0.29, 0.717) is 13.2 Å².